The highest BCUT2D eigenvalue weighted by Gasteiger charge is 2.42. The molecule has 154 valence electrons. The number of rotatable bonds is 4. The van der Waals surface area contributed by atoms with Crippen molar-refractivity contribution in [3.8, 4) is 0 Å². The van der Waals surface area contributed by atoms with E-state index in [-0.39, 0.29) is 17.7 Å². The molecule has 0 spiro atoms. The second-order valence-corrected chi connectivity index (χ2v) is 9.83. The zero-order valence-corrected chi connectivity index (χ0v) is 17.6. The molecule has 1 aromatic carbocycles. The van der Waals surface area contributed by atoms with Crippen LogP contribution in [0, 0.1) is 26.7 Å². The lowest BCUT2D eigenvalue weighted by molar-refractivity contribution is -0.137. The molecule has 1 unspecified atom stereocenters. The number of aryl methyl sites for hydroxylation is 3. The van der Waals surface area contributed by atoms with E-state index in [1.807, 2.05) is 19.1 Å². The summed E-state index contributed by atoms with van der Waals surface area (Å²) < 4.78 is 28.2. The average molecular weight is 408 g/mol. The van der Waals surface area contributed by atoms with Gasteiger partial charge in [0.2, 0.25) is 21.8 Å². The van der Waals surface area contributed by atoms with E-state index < -0.39 is 16.1 Å². The number of hydrogen-bond acceptors (Lipinski definition) is 4. The Kier molecular flexibility index (Phi) is 5.82. The first-order chi connectivity index (χ1) is 13.1. The molecule has 2 N–H and O–H groups in total. The first-order valence-electron chi connectivity index (χ1n) is 9.80. The van der Waals surface area contributed by atoms with Crippen LogP contribution >= 0.6 is 0 Å². The van der Waals surface area contributed by atoms with Crippen LogP contribution in [0.4, 0.5) is 0 Å². The molecule has 1 aromatic rings. The predicted octanol–water partition coefficient (Wildman–Crippen LogP) is 1.49. The molecule has 8 heteroatoms. The van der Waals surface area contributed by atoms with Crippen molar-refractivity contribution in [2.24, 2.45) is 11.7 Å². The highest BCUT2D eigenvalue weighted by atomic mass is 32.2. The quantitative estimate of drug-likeness (QED) is 0.817. The van der Waals surface area contributed by atoms with Crippen LogP contribution in [0.5, 0.6) is 0 Å². The summed E-state index contributed by atoms with van der Waals surface area (Å²) in [5.74, 6) is -0.695. The van der Waals surface area contributed by atoms with Crippen LogP contribution < -0.4 is 5.73 Å². The Labute approximate surface area is 166 Å². The van der Waals surface area contributed by atoms with Gasteiger partial charge in [-0.1, -0.05) is 17.7 Å². The standard InChI is InChI=1S/C20H29N3O4S/c1-13-11-14(2)18(15(3)12-13)28(26,27)23-8-4-5-17(23)20(25)22-9-6-16(7-10-22)19(21)24/h11-12,16-17H,4-10H2,1-3H3,(H2,21,24). The molecule has 2 saturated heterocycles. The molecule has 7 nitrogen and oxygen atoms in total. The van der Waals surface area contributed by atoms with Crippen LogP contribution in [0.25, 0.3) is 0 Å². The van der Waals surface area contributed by atoms with Crippen molar-refractivity contribution in [3.05, 3.63) is 28.8 Å². The number of sulfonamides is 1. The van der Waals surface area contributed by atoms with Gasteiger partial charge >= 0.3 is 0 Å². The summed E-state index contributed by atoms with van der Waals surface area (Å²) in [5.41, 5.74) is 7.79. The number of primary amides is 1. The number of likely N-dealkylation sites (tertiary alicyclic amines) is 1. The van der Waals surface area contributed by atoms with E-state index in [4.69, 9.17) is 5.73 Å². The topological polar surface area (TPSA) is 101 Å². The minimum Gasteiger partial charge on any atom is -0.369 e. The Morgan fingerprint density at radius 1 is 1.00 bits per heavy atom. The molecule has 3 rings (SSSR count). The van der Waals surface area contributed by atoms with E-state index in [2.05, 4.69) is 0 Å². The van der Waals surface area contributed by atoms with Gasteiger partial charge < -0.3 is 10.6 Å². The highest BCUT2D eigenvalue weighted by Crippen LogP contribution is 2.32. The molecular weight excluding hydrogens is 378 g/mol. The fourth-order valence-corrected chi connectivity index (χ4v) is 6.63. The molecule has 28 heavy (non-hydrogen) atoms. The SMILES string of the molecule is Cc1cc(C)c(S(=O)(=O)N2CCCC2C(=O)N2CCC(C(N)=O)CC2)c(C)c1. The minimum absolute atomic E-state index is 0.161. The summed E-state index contributed by atoms with van der Waals surface area (Å²) in [6.45, 7) is 6.78. The summed E-state index contributed by atoms with van der Waals surface area (Å²) in [6.07, 6.45) is 2.27. The maximum atomic E-state index is 13.4. The predicted molar refractivity (Wildman–Crippen MR) is 106 cm³/mol. The summed E-state index contributed by atoms with van der Waals surface area (Å²) in [6, 6.07) is 3.05. The summed E-state index contributed by atoms with van der Waals surface area (Å²) in [5, 5.41) is 0. The maximum Gasteiger partial charge on any atom is 0.244 e. The number of amides is 2. The van der Waals surface area contributed by atoms with Gasteiger partial charge in [-0.3, -0.25) is 9.59 Å². The van der Waals surface area contributed by atoms with Crippen LogP contribution in [0.2, 0.25) is 0 Å². The van der Waals surface area contributed by atoms with Crippen molar-refractivity contribution in [3.63, 3.8) is 0 Å². The van der Waals surface area contributed by atoms with Gasteiger partial charge in [0.15, 0.2) is 0 Å². The van der Waals surface area contributed by atoms with E-state index in [0.717, 1.165) is 5.56 Å². The van der Waals surface area contributed by atoms with Crippen LogP contribution in [-0.4, -0.2) is 55.1 Å². The molecule has 2 aliphatic rings. The van der Waals surface area contributed by atoms with E-state index in [1.54, 1.807) is 18.7 Å². The molecule has 2 amide bonds. The lowest BCUT2D eigenvalue weighted by Crippen LogP contribution is -2.50. The molecule has 0 aromatic heterocycles. The minimum atomic E-state index is -3.76. The fourth-order valence-electron chi connectivity index (χ4n) is 4.56. The van der Waals surface area contributed by atoms with Crippen molar-refractivity contribution in [1.82, 2.24) is 9.21 Å². The van der Waals surface area contributed by atoms with Gasteiger partial charge in [0.1, 0.15) is 6.04 Å². The lowest BCUT2D eigenvalue weighted by atomic mass is 9.96. The Balaban J connectivity index is 1.83. The van der Waals surface area contributed by atoms with E-state index in [9.17, 15) is 18.0 Å². The molecule has 2 aliphatic heterocycles. The summed E-state index contributed by atoms with van der Waals surface area (Å²) in [7, 11) is -3.76. The van der Waals surface area contributed by atoms with Crippen LogP contribution in [0.3, 0.4) is 0 Å². The highest BCUT2D eigenvalue weighted by molar-refractivity contribution is 7.89. The van der Waals surface area contributed by atoms with E-state index in [1.165, 1.54) is 4.31 Å². The fraction of sp³-hybridized carbons (Fsp3) is 0.600. The average Bonchev–Trinajstić information content (AvgIpc) is 3.10. The smallest absolute Gasteiger partial charge is 0.244 e. The molecule has 0 saturated carbocycles. The maximum absolute atomic E-state index is 13.4. The van der Waals surface area contributed by atoms with Crippen LogP contribution in [0.1, 0.15) is 42.4 Å². The molecule has 2 heterocycles. The van der Waals surface area contributed by atoms with Crippen molar-refractivity contribution < 1.29 is 18.0 Å². The van der Waals surface area contributed by atoms with Gasteiger partial charge in [0.25, 0.3) is 0 Å². The second kappa shape index (κ2) is 7.83. The number of nitrogens with two attached hydrogens (primary N) is 1. The van der Waals surface area contributed by atoms with E-state index >= 15 is 0 Å². The van der Waals surface area contributed by atoms with Crippen LogP contribution in [-0.2, 0) is 19.6 Å². The molecule has 2 fully saturated rings. The lowest BCUT2D eigenvalue weighted by Gasteiger charge is -2.34. The number of benzene rings is 1. The zero-order valence-electron chi connectivity index (χ0n) is 16.8. The second-order valence-electron chi connectivity index (χ2n) is 8.00. The Bertz CT molecular complexity index is 866. The number of carbonyl (C=O) groups is 2. The van der Waals surface area contributed by atoms with Crippen molar-refractivity contribution in [2.45, 2.75) is 57.4 Å². The van der Waals surface area contributed by atoms with Gasteiger partial charge in [-0.15, -0.1) is 0 Å². The van der Waals surface area contributed by atoms with Gasteiger partial charge in [0.05, 0.1) is 4.90 Å². The van der Waals surface area contributed by atoms with Crippen molar-refractivity contribution >= 4 is 21.8 Å². The van der Waals surface area contributed by atoms with Gasteiger partial charge in [-0.2, -0.15) is 4.31 Å². The first-order valence-corrected chi connectivity index (χ1v) is 11.2. The normalized spacial score (nSPS) is 21.8. The molecule has 0 aliphatic carbocycles. The number of nitrogens with zero attached hydrogens (tertiary/aromatic N) is 2. The van der Waals surface area contributed by atoms with Gasteiger partial charge in [0, 0.05) is 25.6 Å². The third kappa shape index (κ3) is 3.80. The van der Waals surface area contributed by atoms with Gasteiger partial charge in [-0.05, 0) is 57.6 Å². The van der Waals surface area contributed by atoms with Crippen molar-refractivity contribution in [2.75, 3.05) is 19.6 Å². The third-order valence-corrected chi connectivity index (χ3v) is 8.08. The van der Waals surface area contributed by atoms with Gasteiger partial charge in [-0.25, -0.2) is 8.42 Å². The van der Waals surface area contributed by atoms with Crippen LogP contribution in [0.15, 0.2) is 17.0 Å². The van der Waals surface area contributed by atoms with E-state index in [0.29, 0.717) is 61.3 Å². The Morgan fingerprint density at radius 3 is 2.11 bits per heavy atom. The summed E-state index contributed by atoms with van der Waals surface area (Å²) >= 11 is 0. The number of carbonyl (C=O) groups excluding carboxylic acids is 2. The first kappa shape index (κ1) is 20.8. The monoisotopic (exact) mass is 407 g/mol. The zero-order chi connectivity index (χ0) is 20.6. The Morgan fingerprint density at radius 2 is 1.57 bits per heavy atom. The summed E-state index contributed by atoms with van der Waals surface area (Å²) in [4.78, 5) is 26.4. The Hall–Kier alpha value is -1.93. The molecular formula is C20H29N3O4S. The van der Waals surface area contributed by atoms with Crippen molar-refractivity contribution in [1.29, 1.82) is 0 Å². The molecule has 1 atom stereocenters. The number of hydrogen-bond donors (Lipinski definition) is 1. The third-order valence-electron chi connectivity index (χ3n) is 5.87. The molecule has 0 bridgehead atoms. The molecule has 0 radical (unpaired) electrons. The largest absolute Gasteiger partial charge is 0.369 e. The number of piperidine rings is 1.